The molecule has 1 N–H and O–H groups in total. The highest BCUT2D eigenvalue weighted by Gasteiger charge is 2.33. The minimum atomic E-state index is -0.00217. The smallest absolute Gasteiger partial charge is 0.0599 e. The van der Waals surface area contributed by atoms with Gasteiger partial charge in [-0.05, 0) is 59.0 Å². The molecule has 2 fully saturated rings. The third-order valence-electron chi connectivity index (χ3n) is 3.63. The van der Waals surface area contributed by atoms with Crippen LogP contribution in [0.5, 0.6) is 0 Å². The lowest BCUT2D eigenvalue weighted by atomic mass is 10.1. The Kier molecular flexibility index (Phi) is 4.45. The van der Waals surface area contributed by atoms with Crippen LogP contribution in [0, 0.1) is 5.92 Å². The Hall–Kier alpha value is -0.120. The van der Waals surface area contributed by atoms with E-state index in [1.54, 1.807) is 0 Å². The van der Waals surface area contributed by atoms with Crippen molar-refractivity contribution in [2.75, 3.05) is 32.8 Å². The highest BCUT2D eigenvalue weighted by Crippen LogP contribution is 2.31. The SMILES string of the molecule is CC(C)(C)OCCNCC1CCN(C2CC2)C1. The molecule has 0 amide bonds. The summed E-state index contributed by atoms with van der Waals surface area (Å²) < 4.78 is 5.69. The van der Waals surface area contributed by atoms with Gasteiger partial charge in [0, 0.05) is 19.1 Å². The normalized spacial score (nSPS) is 26.6. The first-order chi connectivity index (χ1) is 8.04. The Morgan fingerprint density at radius 3 is 2.65 bits per heavy atom. The molecule has 2 rings (SSSR count). The van der Waals surface area contributed by atoms with Gasteiger partial charge in [0.25, 0.3) is 0 Å². The van der Waals surface area contributed by atoms with E-state index < -0.39 is 0 Å². The molecule has 1 saturated carbocycles. The molecule has 2 aliphatic rings. The van der Waals surface area contributed by atoms with Gasteiger partial charge in [0.05, 0.1) is 12.2 Å². The predicted octanol–water partition coefficient (Wildman–Crippen LogP) is 1.88. The lowest BCUT2D eigenvalue weighted by molar-refractivity contribution is -0.000983. The molecule has 1 aliphatic carbocycles. The van der Waals surface area contributed by atoms with E-state index in [9.17, 15) is 0 Å². The van der Waals surface area contributed by atoms with E-state index in [0.29, 0.717) is 0 Å². The summed E-state index contributed by atoms with van der Waals surface area (Å²) in [6.07, 6.45) is 4.27. The van der Waals surface area contributed by atoms with E-state index in [2.05, 4.69) is 31.0 Å². The van der Waals surface area contributed by atoms with Gasteiger partial charge in [-0.3, -0.25) is 0 Å². The molecule has 3 heteroatoms. The second-order valence-corrected chi connectivity index (χ2v) is 6.55. The van der Waals surface area contributed by atoms with Crippen molar-refractivity contribution in [3.63, 3.8) is 0 Å². The Morgan fingerprint density at radius 1 is 1.24 bits per heavy atom. The van der Waals surface area contributed by atoms with Gasteiger partial charge < -0.3 is 15.0 Å². The van der Waals surface area contributed by atoms with E-state index in [1.807, 2.05) is 0 Å². The molecular weight excluding hydrogens is 212 g/mol. The van der Waals surface area contributed by atoms with Crippen LogP contribution in [0.2, 0.25) is 0 Å². The van der Waals surface area contributed by atoms with Crippen LogP contribution < -0.4 is 5.32 Å². The third-order valence-corrected chi connectivity index (χ3v) is 3.63. The third kappa shape index (κ3) is 4.94. The number of hydrogen-bond acceptors (Lipinski definition) is 3. The van der Waals surface area contributed by atoms with Crippen molar-refractivity contribution >= 4 is 0 Å². The number of rotatable bonds is 6. The minimum absolute atomic E-state index is 0.00217. The number of nitrogens with zero attached hydrogens (tertiary/aromatic N) is 1. The van der Waals surface area contributed by atoms with Gasteiger partial charge in [0.2, 0.25) is 0 Å². The van der Waals surface area contributed by atoms with Crippen molar-refractivity contribution in [3.8, 4) is 0 Å². The molecule has 1 unspecified atom stereocenters. The zero-order valence-corrected chi connectivity index (χ0v) is 11.7. The molecule has 1 heterocycles. The van der Waals surface area contributed by atoms with Crippen LogP contribution in [-0.4, -0.2) is 49.3 Å². The van der Waals surface area contributed by atoms with Crippen molar-refractivity contribution in [2.45, 2.75) is 51.7 Å². The van der Waals surface area contributed by atoms with Crippen molar-refractivity contribution < 1.29 is 4.74 Å². The van der Waals surface area contributed by atoms with Gasteiger partial charge in [-0.15, -0.1) is 0 Å². The van der Waals surface area contributed by atoms with Crippen LogP contribution in [0.3, 0.4) is 0 Å². The van der Waals surface area contributed by atoms with Gasteiger partial charge in [0.15, 0.2) is 0 Å². The first-order valence-electron chi connectivity index (χ1n) is 7.13. The Balaban J connectivity index is 1.48. The van der Waals surface area contributed by atoms with Gasteiger partial charge in [-0.1, -0.05) is 0 Å². The summed E-state index contributed by atoms with van der Waals surface area (Å²) in [4.78, 5) is 2.68. The maximum absolute atomic E-state index is 5.69. The molecule has 0 bridgehead atoms. The maximum atomic E-state index is 5.69. The zero-order chi connectivity index (χ0) is 12.3. The van der Waals surface area contributed by atoms with E-state index in [4.69, 9.17) is 4.74 Å². The number of hydrogen-bond donors (Lipinski definition) is 1. The molecule has 0 radical (unpaired) electrons. The lowest BCUT2D eigenvalue weighted by Gasteiger charge is -2.20. The molecule has 0 aromatic rings. The number of ether oxygens (including phenoxy) is 1. The molecule has 1 saturated heterocycles. The molecule has 0 aromatic carbocycles. The average Bonchev–Trinajstić information content (AvgIpc) is 2.97. The van der Waals surface area contributed by atoms with Crippen molar-refractivity contribution in [2.24, 2.45) is 5.92 Å². The first kappa shape index (κ1) is 13.3. The molecule has 3 nitrogen and oxygen atoms in total. The average molecular weight is 240 g/mol. The number of likely N-dealkylation sites (tertiary alicyclic amines) is 1. The molecule has 1 aliphatic heterocycles. The molecule has 100 valence electrons. The predicted molar refractivity (Wildman–Crippen MR) is 71.3 cm³/mol. The second-order valence-electron chi connectivity index (χ2n) is 6.55. The molecule has 0 aromatic heterocycles. The summed E-state index contributed by atoms with van der Waals surface area (Å²) in [6, 6.07) is 0.948. The van der Waals surface area contributed by atoms with Gasteiger partial charge in [0.1, 0.15) is 0 Å². The summed E-state index contributed by atoms with van der Waals surface area (Å²) in [6.45, 7) is 11.9. The molecule has 0 spiro atoms. The summed E-state index contributed by atoms with van der Waals surface area (Å²) in [7, 11) is 0. The van der Waals surface area contributed by atoms with Gasteiger partial charge >= 0.3 is 0 Å². The fraction of sp³-hybridized carbons (Fsp3) is 1.00. The van der Waals surface area contributed by atoms with Crippen LogP contribution in [0.1, 0.15) is 40.0 Å². The Bertz CT molecular complexity index is 233. The summed E-state index contributed by atoms with van der Waals surface area (Å²) in [5.41, 5.74) is -0.00217. The topological polar surface area (TPSA) is 24.5 Å². The van der Waals surface area contributed by atoms with Crippen LogP contribution in [0.25, 0.3) is 0 Å². The van der Waals surface area contributed by atoms with Crippen molar-refractivity contribution in [1.29, 1.82) is 0 Å². The number of nitrogens with one attached hydrogen (secondary N) is 1. The minimum Gasteiger partial charge on any atom is -0.375 e. The monoisotopic (exact) mass is 240 g/mol. The summed E-state index contributed by atoms with van der Waals surface area (Å²) in [5, 5.41) is 3.53. The van der Waals surface area contributed by atoms with Gasteiger partial charge in [-0.2, -0.15) is 0 Å². The molecular formula is C14H28N2O. The van der Waals surface area contributed by atoms with Crippen LogP contribution in [-0.2, 0) is 4.74 Å². The standard InChI is InChI=1S/C14H28N2O/c1-14(2,3)17-9-7-15-10-12-6-8-16(11-12)13-4-5-13/h12-13,15H,4-11H2,1-3H3. The Labute approximate surface area is 106 Å². The van der Waals surface area contributed by atoms with E-state index in [0.717, 1.165) is 31.7 Å². The van der Waals surface area contributed by atoms with Gasteiger partial charge in [-0.25, -0.2) is 0 Å². The maximum Gasteiger partial charge on any atom is 0.0599 e. The van der Waals surface area contributed by atoms with E-state index in [1.165, 1.54) is 32.4 Å². The van der Waals surface area contributed by atoms with Crippen molar-refractivity contribution in [3.05, 3.63) is 0 Å². The Morgan fingerprint density at radius 2 is 2.00 bits per heavy atom. The van der Waals surface area contributed by atoms with Crippen LogP contribution >= 0.6 is 0 Å². The van der Waals surface area contributed by atoms with E-state index in [-0.39, 0.29) is 5.60 Å². The zero-order valence-electron chi connectivity index (χ0n) is 11.7. The fourth-order valence-corrected chi connectivity index (χ4v) is 2.54. The first-order valence-corrected chi connectivity index (χ1v) is 7.13. The summed E-state index contributed by atoms with van der Waals surface area (Å²) >= 11 is 0. The molecule has 17 heavy (non-hydrogen) atoms. The van der Waals surface area contributed by atoms with Crippen LogP contribution in [0.15, 0.2) is 0 Å². The van der Waals surface area contributed by atoms with Crippen molar-refractivity contribution in [1.82, 2.24) is 10.2 Å². The molecule has 1 atom stereocenters. The van der Waals surface area contributed by atoms with E-state index >= 15 is 0 Å². The lowest BCUT2D eigenvalue weighted by Crippen LogP contribution is -2.31. The highest BCUT2D eigenvalue weighted by atomic mass is 16.5. The van der Waals surface area contributed by atoms with Crippen LogP contribution in [0.4, 0.5) is 0 Å². The summed E-state index contributed by atoms with van der Waals surface area (Å²) in [5.74, 6) is 0.866. The second kappa shape index (κ2) is 5.68. The quantitative estimate of drug-likeness (QED) is 0.717. The highest BCUT2D eigenvalue weighted by molar-refractivity contribution is 4.89. The fourth-order valence-electron chi connectivity index (χ4n) is 2.54. The largest absolute Gasteiger partial charge is 0.375 e.